The Morgan fingerprint density at radius 3 is 2.53 bits per heavy atom. The molecule has 0 radical (unpaired) electrons. The SMILES string of the molecule is COc1c(C(O)O)cnn1-c1cccc(-c2cccc(C(F)(F)F)c2OCc2ccc3c(c2)CN(C2CCOCC2)C3)n1. The Morgan fingerprint density at radius 1 is 1.02 bits per heavy atom. The Morgan fingerprint density at radius 2 is 1.79 bits per heavy atom. The average molecular weight is 597 g/mol. The maximum absolute atomic E-state index is 14.2. The highest BCUT2D eigenvalue weighted by atomic mass is 19.4. The number of methoxy groups -OCH3 is 1. The van der Waals surface area contributed by atoms with Gasteiger partial charge in [0.05, 0.1) is 30.1 Å². The van der Waals surface area contributed by atoms with Crippen LogP contribution in [0.1, 0.15) is 46.9 Å². The van der Waals surface area contributed by atoms with E-state index in [0.29, 0.717) is 6.04 Å². The second-order valence-corrected chi connectivity index (χ2v) is 10.6. The van der Waals surface area contributed by atoms with Crippen LogP contribution in [0.2, 0.25) is 0 Å². The lowest BCUT2D eigenvalue weighted by Crippen LogP contribution is -2.35. The van der Waals surface area contributed by atoms with Crippen LogP contribution in [0, 0.1) is 0 Å². The Bertz CT molecular complexity index is 1600. The highest BCUT2D eigenvalue weighted by Gasteiger charge is 2.36. The summed E-state index contributed by atoms with van der Waals surface area (Å²) in [7, 11) is 1.34. The van der Waals surface area contributed by atoms with Gasteiger partial charge in [0.2, 0.25) is 5.88 Å². The molecule has 0 aliphatic carbocycles. The molecule has 12 heteroatoms. The lowest BCUT2D eigenvalue weighted by molar-refractivity contribution is -0.139. The van der Waals surface area contributed by atoms with Gasteiger partial charge in [-0.15, -0.1) is 0 Å². The smallest absolute Gasteiger partial charge is 0.419 e. The minimum atomic E-state index is -4.66. The number of hydrogen-bond acceptors (Lipinski definition) is 8. The number of aliphatic hydroxyl groups is 2. The van der Waals surface area contributed by atoms with Crippen LogP contribution in [0.3, 0.4) is 0 Å². The van der Waals surface area contributed by atoms with Crippen molar-refractivity contribution in [1.82, 2.24) is 19.7 Å². The molecule has 2 aromatic heterocycles. The third kappa shape index (κ3) is 5.96. The number of fused-ring (bicyclic) bond motifs is 1. The summed E-state index contributed by atoms with van der Waals surface area (Å²) in [6, 6.07) is 15.0. The van der Waals surface area contributed by atoms with Crippen molar-refractivity contribution in [2.75, 3.05) is 20.3 Å². The first-order valence-corrected chi connectivity index (χ1v) is 13.9. The van der Waals surface area contributed by atoms with Crippen molar-refractivity contribution in [3.63, 3.8) is 0 Å². The fourth-order valence-electron chi connectivity index (χ4n) is 5.73. The Kier molecular flexibility index (Phi) is 8.10. The molecule has 2 N–H and O–H groups in total. The lowest BCUT2D eigenvalue weighted by atomic mass is 10.0. The summed E-state index contributed by atoms with van der Waals surface area (Å²) in [5.41, 5.74) is 2.62. The van der Waals surface area contributed by atoms with Crippen LogP contribution in [-0.2, 0) is 30.6 Å². The van der Waals surface area contributed by atoms with E-state index in [2.05, 4.69) is 15.0 Å². The summed E-state index contributed by atoms with van der Waals surface area (Å²) < 4.78 is 60.6. The van der Waals surface area contributed by atoms with Crippen LogP contribution >= 0.6 is 0 Å². The van der Waals surface area contributed by atoms with Crippen molar-refractivity contribution >= 4 is 0 Å². The molecule has 0 bridgehead atoms. The fourth-order valence-corrected chi connectivity index (χ4v) is 5.73. The monoisotopic (exact) mass is 596 g/mol. The zero-order chi connectivity index (χ0) is 30.1. The van der Waals surface area contributed by atoms with E-state index in [1.54, 1.807) is 18.2 Å². The van der Waals surface area contributed by atoms with Crippen LogP contribution in [0.25, 0.3) is 17.1 Å². The van der Waals surface area contributed by atoms with Gasteiger partial charge in [-0.2, -0.15) is 23.0 Å². The van der Waals surface area contributed by atoms with E-state index in [4.69, 9.17) is 14.2 Å². The molecular formula is C31H31F3N4O5. The largest absolute Gasteiger partial charge is 0.488 e. The highest BCUT2D eigenvalue weighted by Crippen LogP contribution is 2.42. The summed E-state index contributed by atoms with van der Waals surface area (Å²) in [4.78, 5) is 6.97. The zero-order valence-corrected chi connectivity index (χ0v) is 23.4. The van der Waals surface area contributed by atoms with E-state index < -0.39 is 18.0 Å². The van der Waals surface area contributed by atoms with Gasteiger partial charge >= 0.3 is 6.18 Å². The van der Waals surface area contributed by atoms with Crippen molar-refractivity contribution in [2.24, 2.45) is 0 Å². The molecule has 226 valence electrons. The molecule has 0 spiro atoms. The molecule has 2 aliphatic rings. The fraction of sp³-hybridized carbons (Fsp3) is 0.355. The van der Waals surface area contributed by atoms with Gasteiger partial charge in [-0.05, 0) is 53.8 Å². The van der Waals surface area contributed by atoms with Crippen LogP contribution in [0.4, 0.5) is 13.2 Å². The molecule has 2 aromatic carbocycles. The maximum Gasteiger partial charge on any atom is 0.419 e. The number of ether oxygens (including phenoxy) is 3. The predicted octanol–water partition coefficient (Wildman–Crippen LogP) is 5.02. The van der Waals surface area contributed by atoms with Crippen molar-refractivity contribution < 1.29 is 37.6 Å². The molecule has 4 aromatic rings. The zero-order valence-electron chi connectivity index (χ0n) is 23.4. The van der Waals surface area contributed by atoms with E-state index in [1.165, 1.54) is 35.7 Å². The lowest BCUT2D eigenvalue weighted by Gasteiger charge is -2.30. The number of halogens is 3. The van der Waals surface area contributed by atoms with E-state index >= 15 is 0 Å². The van der Waals surface area contributed by atoms with Gasteiger partial charge in [-0.1, -0.05) is 30.3 Å². The molecule has 0 saturated carbocycles. The molecule has 43 heavy (non-hydrogen) atoms. The van der Waals surface area contributed by atoms with E-state index in [0.717, 1.165) is 56.3 Å². The van der Waals surface area contributed by atoms with Crippen LogP contribution in [0.15, 0.2) is 60.8 Å². The predicted molar refractivity (Wildman–Crippen MR) is 149 cm³/mol. The number of aromatic nitrogens is 3. The highest BCUT2D eigenvalue weighted by molar-refractivity contribution is 5.70. The minimum absolute atomic E-state index is 0.0167. The number of benzene rings is 2. The average Bonchev–Trinajstić information content (AvgIpc) is 3.64. The normalized spacial score (nSPS) is 16.1. The number of nitrogens with zero attached hydrogens (tertiary/aromatic N) is 4. The number of aliphatic hydroxyl groups excluding tert-OH is 1. The minimum Gasteiger partial charge on any atom is -0.488 e. The van der Waals surface area contributed by atoms with Crippen molar-refractivity contribution in [2.45, 2.75) is 51.0 Å². The van der Waals surface area contributed by atoms with E-state index in [1.807, 2.05) is 18.2 Å². The first-order valence-electron chi connectivity index (χ1n) is 13.9. The molecule has 1 saturated heterocycles. The number of rotatable bonds is 8. The quantitative estimate of drug-likeness (QED) is 0.274. The van der Waals surface area contributed by atoms with Gasteiger partial charge in [0.15, 0.2) is 12.1 Å². The molecular weight excluding hydrogens is 565 g/mol. The Balaban J connectivity index is 1.29. The number of para-hydroxylation sites is 1. The molecule has 2 aliphatic heterocycles. The van der Waals surface area contributed by atoms with Crippen LogP contribution in [0.5, 0.6) is 11.6 Å². The molecule has 0 amide bonds. The van der Waals surface area contributed by atoms with Gasteiger partial charge in [0.1, 0.15) is 12.4 Å². The second kappa shape index (κ2) is 12.0. The summed E-state index contributed by atoms with van der Waals surface area (Å²) in [5.74, 6) is -0.0904. The third-order valence-electron chi connectivity index (χ3n) is 7.88. The maximum atomic E-state index is 14.2. The second-order valence-electron chi connectivity index (χ2n) is 10.6. The van der Waals surface area contributed by atoms with Gasteiger partial charge < -0.3 is 24.4 Å². The number of hydrogen-bond donors (Lipinski definition) is 2. The summed E-state index contributed by atoms with van der Waals surface area (Å²) in [6.07, 6.45) is -3.29. The van der Waals surface area contributed by atoms with Gasteiger partial charge in [0, 0.05) is 37.9 Å². The topological polar surface area (TPSA) is 102 Å². The van der Waals surface area contributed by atoms with E-state index in [9.17, 15) is 23.4 Å². The molecule has 0 atom stereocenters. The van der Waals surface area contributed by atoms with Gasteiger partial charge in [-0.25, -0.2) is 4.98 Å². The van der Waals surface area contributed by atoms with Gasteiger partial charge in [-0.3, -0.25) is 4.90 Å². The molecule has 0 unspecified atom stereocenters. The van der Waals surface area contributed by atoms with Crippen molar-refractivity contribution in [3.05, 3.63) is 88.6 Å². The van der Waals surface area contributed by atoms with Gasteiger partial charge in [0.25, 0.3) is 0 Å². The molecule has 9 nitrogen and oxygen atoms in total. The number of pyridine rings is 1. The molecule has 6 rings (SSSR count). The first-order chi connectivity index (χ1) is 20.7. The summed E-state index contributed by atoms with van der Waals surface area (Å²) in [6.45, 7) is 3.11. The molecule has 4 heterocycles. The van der Waals surface area contributed by atoms with Crippen LogP contribution < -0.4 is 9.47 Å². The Hall–Kier alpha value is -3.97. The molecule has 1 fully saturated rings. The standard InChI is InChI=1S/C31H31F3N4O5/c1-41-29-24(30(39)40)15-35-38(29)27-7-3-6-26(36-27)23-4-2-5-25(31(32,33)34)28(23)43-18-19-8-9-20-16-37(17-21(20)14-19)22-10-12-42-13-11-22/h2-9,14-15,22,30,39-40H,10-13,16-18H2,1H3. The van der Waals surface area contributed by atoms with Crippen molar-refractivity contribution in [3.8, 4) is 28.7 Å². The van der Waals surface area contributed by atoms with Crippen molar-refractivity contribution in [1.29, 1.82) is 0 Å². The first kappa shape index (κ1) is 29.1. The van der Waals surface area contributed by atoms with E-state index in [-0.39, 0.29) is 40.9 Å². The van der Waals surface area contributed by atoms with Crippen LogP contribution in [-0.4, -0.2) is 56.2 Å². The summed E-state index contributed by atoms with van der Waals surface area (Å²) in [5, 5.41) is 23.4. The summed E-state index contributed by atoms with van der Waals surface area (Å²) >= 11 is 0. The Labute approximate surface area is 246 Å². The number of alkyl halides is 3. The third-order valence-corrected chi connectivity index (χ3v) is 7.88.